The van der Waals surface area contributed by atoms with Crippen molar-refractivity contribution in [1.82, 2.24) is 0 Å². The second kappa shape index (κ2) is 8.95. The van der Waals surface area contributed by atoms with Crippen molar-refractivity contribution < 1.29 is 19.5 Å². The highest BCUT2D eigenvalue weighted by Crippen LogP contribution is 2.25. The molecule has 0 radical (unpaired) electrons. The molecule has 23 heavy (non-hydrogen) atoms. The van der Waals surface area contributed by atoms with Crippen LogP contribution in [0.2, 0.25) is 10.0 Å². The number of nitrogens with one attached hydrogen (secondary N) is 1. The number of thiocarbonyl (C=S) groups is 1. The Bertz CT molecular complexity index is 664. The van der Waals surface area contributed by atoms with Crippen molar-refractivity contribution in [3.63, 3.8) is 0 Å². The third kappa shape index (κ3) is 5.26. The van der Waals surface area contributed by atoms with Crippen LogP contribution < -0.4 is 10.8 Å². The van der Waals surface area contributed by atoms with Gasteiger partial charge in [0.25, 0.3) is 5.17 Å². The quantitative estimate of drug-likeness (QED) is 0.308. The summed E-state index contributed by atoms with van der Waals surface area (Å²) in [5.41, 5.74) is 0.370. The van der Waals surface area contributed by atoms with Crippen LogP contribution in [-0.2, 0) is 9.47 Å². The standard InChI is InChI=1S/C14H14BCl2NO4S/c1-4-12(21-3)13(5-2)22-14(23)18-11-6-8(15(19)20)9(16)7-10(11)17/h4-7,19-20H,1-2H2,3H3,(H,18,23)/b13-12-. The largest absolute Gasteiger partial charge is 0.493 e. The maximum atomic E-state index is 9.26. The Hall–Kier alpha value is -1.51. The first-order valence-corrected chi connectivity index (χ1v) is 7.37. The average Bonchev–Trinajstić information content (AvgIpc) is 2.49. The van der Waals surface area contributed by atoms with E-state index in [9.17, 15) is 10.0 Å². The molecule has 3 N–H and O–H groups in total. The Kier molecular flexibility index (Phi) is 7.61. The summed E-state index contributed by atoms with van der Waals surface area (Å²) in [5.74, 6) is 0.602. The molecule has 1 aromatic carbocycles. The lowest BCUT2D eigenvalue weighted by atomic mass is 9.80. The average molecular weight is 374 g/mol. The molecular formula is C14H14BCl2NO4S. The number of anilines is 1. The van der Waals surface area contributed by atoms with Gasteiger partial charge < -0.3 is 24.8 Å². The van der Waals surface area contributed by atoms with Gasteiger partial charge in [-0.2, -0.15) is 0 Å². The SMILES string of the molecule is C=C/C(OC)=C(\C=C)OC(=S)Nc1cc(B(O)O)c(Cl)cc1Cl. The van der Waals surface area contributed by atoms with Crippen LogP contribution in [0.3, 0.4) is 0 Å². The highest BCUT2D eigenvalue weighted by Gasteiger charge is 2.18. The van der Waals surface area contributed by atoms with Crippen molar-refractivity contribution in [2.24, 2.45) is 0 Å². The third-order valence-corrected chi connectivity index (χ3v) is 3.46. The summed E-state index contributed by atoms with van der Waals surface area (Å²) in [6.45, 7) is 7.18. The Morgan fingerprint density at radius 3 is 2.30 bits per heavy atom. The number of hydrogen-bond acceptors (Lipinski definition) is 5. The molecule has 0 spiro atoms. The van der Waals surface area contributed by atoms with E-state index in [2.05, 4.69) is 18.5 Å². The molecule has 0 aliphatic carbocycles. The molecule has 0 saturated heterocycles. The minimum atomic E-state index is -1.75. The zero-order valence-electron chi connectivity index (χ0n) is 12.2. The van der Waals surface area contributed by atoms with Crippen LogP contribution in [-0.4, -0.2) is 29.5 Å². The lowest BCUT2D eigenvalue weighted by molar-refractivity contribution is 0.278. The van der Waals surface area contributed by atoms with Crippen molar-refractivity contribution in [2.45, 2.75) is 0 Å². The first-order valence-electron chi connectivity index (χ1n) is 6.21. The van der Waals surface area contributed by atoms with E-state index in [1.807, 2.05) is 0 Å². The van der Waals surface area contributed by atoms with Gasteiger partial charge in [0.1, 0.15) is 0 Å². The second-order valence-corrected chi connectivity index (χ2v) is 5.27. The lowest BCUT2D eigenvalue weighted by Gasteiger charge is -2.14. The molecule has 1 rings (SSSR count). The molecule has 0 aliphatic rings. The summed E-state index contributed by atoms with van der Waals surface area (Å²) in [5, 5.41) is 21.5. The number of halogens is 2. The van der Waals surface area contributed by atoms with Crippen LogP contribution in [0.5, 0.6) is 0 Å². The van der Waals surface area contributed by atoms with E-state index in [1.165, 1.54) is 31.4 Å². The lowest BCUT2D eigenvalue weighted by Crippen LogP contribution is -2.31. The first-order chi connectivity index (χ1) is 10.8. The Morgan fingerprint density at radius 2 is 1.83 bits per heavy atom. The van der Waals surface area contributed by atoms with E-state index in [4.69, 9.17) is 44.9 Å². The Balaban J connectivity index is 3.02. The highest BCUT2D eigenvalue weighted by molar-refractivity contribution is 7.80. The fourth-order valence-corrected chi connectivity index (χ4v) is 2.30. The summed E-state index contributed by atoms with van der Waals surface area (Å²) in [4.78, 5) is 0. The molecule has 9 heteroatoms. The molecule has 0 amide bonds. The van der Waals surface area contributed by atoms with Crippen LogP contribution in [0.25, 0.3) is 0 Å². The van der Waals surface area contributed by atoms with E-state index < -0.39 is 7.12 Å². The number of ether oxygens (including phenoxy) is 2. The topological polar surface area (TPSA) is 71.0 Å². The van der Waals surface area contributed by atoms with Crippen molar-refractivity contribution in [2.75, 3.05) is 12.4 Å². The van der Waals surface area contributed by atoms with Gasteiger partial charge in [-0.05, 0) is 36.5 Å². The molecular weight excluding hydrogens is 360 g/mol. The normalized spacial score (nSPS) is 11.2. The van der Waals surface area contributed by atoms with Gasteiger partial charge in [-0.3, -0.25) is 0 Å². The predicted molar refractivity (Wildman–Crippen MR) is 98.0 cm³/mol. The van der Waals surface area contributed by atoms with E-state index in [0.717, 1.165) is 0 Å². The van der Waals surface area contributed by atoms with Gasteiger partial charge in [-0.1, -0.05) is 36.4 Å². The second-order valence-electron chi connectivity index (χ2n) is 4.08. The molecule has 5 nitrogen and oxygen atoms in total. The molecule has 1 aromatic rings. The minimum absolute atomic E-state index is 0.0566. The summed E-state index contributed by atoms with van der Waals surface area (Å²) in [7, 11) is -0.301. The number of benzene rings is 1. The van der Waals surface area contributed by atoms with Gasteiger partial charge in [0.05, 0.1) is 17.8 Å². The van der Waals surface area contributed by atoms with Gasteiger partial charge in [-0.25, -0.2) is 0 Å². The van der Waals surface area contributed by atoms with E-state index >= 15 is 0 Å². The molecule has 0 unspecified atom stereocenters. The molecule has 122 valence electrons. The smallest absolute Gasteiger partial charge is 0.490 e. The summed E-state index contributed by atoms with van der Waals surface area (Å²) in [6, 6.07) is 2.71. The van der Waals surface area contributed by atoms with Gasteiger partial charge in [0, 0.05) is 10.5 Å². The van der Waals surface area contributed by atoms with Crippen LogP contribution in [0.1, 0.15) is 0 Å². The molecule has 0 saturated carbocycles. The van der Waals surface area contributed by atoms with Gasteiger partial charge in [0.15, 0.2) is 11.5 Å². The highest BCUT2D eigenvalue weighted by atomic mass is 35.5. The Morgan fingerprint density at radius 1 is 1.22 bits per heavy atom. The number of methoxy groups -OCH3 is 1. The molecule has 0 aliphatic heterocycles. The summed E-state index contributed by atoms with van der Waals surface area (Å²) >= 11 is 17.0. The number of allylic oxidation sites excluding steroid dienone is 2. The van der Waals surface area contributed by atoms with Crippen molar-refractivity contribution in [3.8, 4) is 0 Å². The molecule has 0 heterocycles. The predicted octanol–water partition coefficient (Wildman–Crippen LogP) is 2.62. The maximum Gasteiger partial charge on any atom is 0.490 e. The molecule has 0 aromatic heterocycles. The number of hydrogen-bond donors (Lipinski definition) is 3. The van der Waals surface area contributed by atoms with Gasteiger partial charge >= 0.3 is 7.12 Å². The van der Waals surface area contributed by atoms with Crippen LogP contribution >= 0.6 is 35.4 Å². The summed E-state index contributed by atoms with van der Waals surface area (Å²) < 4.78 is 10.5. The van der Waals surface area contributed by atoms with Crippen LogP contribution in [0.15, 0.2) is 49.0 Å². The first kappa shape index (κ1) is 19.5. The zero-order chi connectivity index (χ0) is 17.6. The van der Waals surface area contributed by atoms with Gasteiger partial charge in [0.2, 0.25) is 0 Å². The van der Waals surface area contributed by atoms with Crippen molar-refractivity contribution in [3.05, 3.63) is 59.0 Å². The van der Waals surface area contributed by atoms with Crippen LogP contribution in [0, 0.1) is 0 Å². The molecule has 0 bridgehead atoms. The van der Waals surface area contributed by atoms with Crippen molar-refractivity contribution >= 4 is 58.9 Å². The minimum Gasteiger partial charge on any atom is -0.493 e. The number of rotatable bonds is 6. The summed E-state index contributed by atoms with van der Waals surface area (Å²) in [6.07, 6.45) is 2.84. The third-order valence-electron chi connectivity index (χ3n) is 2.64. The van der Waals surface area contributed by atoms with Gasteiger partial charge in [-0.15, -0.1) is 0 Å². The van der Waals surface area contributed by atoms with E-state index in [0.29, 0.717) is 11.4 Å². The van der Waals surface area contributed by atoms with Crippen molar-refractivity contribution in [1.29, 1.82) is 0 Å². The Labute approximate surface area is 150 Å². The van der Waals surface area contributed by atoms with E-state index in [1.54, 1.807) is 0 Å². The zero-order valence-corrected chi connectivity index (χ0v) is 14.5. The molecule has 0 fully saturated rings. The molecule has 0 atom stereocenters. The van der Waals surface area contributed by atoms with Crippen LogP contribution in [0.4, 0.5) is 5.69 Å². The van der Waals surface area contributed by atoms with E-state index in [-0.39, 0.29) is 26.4 Å². The maximum absolute atomic E-state index is 9.26. The fourth-order valence-electron chi connectivity index (χ4n) is 1.57. The monoisotopic (exact) mass is 373 g/mol. The fraction of sp³-hybridized carbons (Fsp3) is 0.0714.